The van der Waals surface area contributed by atoms with E-state index in [1.54, 1.807) is 16.7 Å². The second-order valence-electron chi connectivity index (χ2n) is 7.30. The van der Waals surface area contributed by atoms with Crippen LogP contribution in [0.4, 0.5) is 5.69 Å². The number of carbonyl (C=O) groups is 1. The molecule has 0 radical (unpaired) electrons. The summed E-state index contributed by atoms with van der Waals surface area (Å²) in [6, 6.07) is 21.8. The van der Waals surface area contributed by atoms with Crippen LogP contribution in [0.3, 0.4) is 0 Å². The van der Waals surface area contributed by atoms with Crippen LogP contribution in [0.25, 0.3) is 0 Å². The van der Waals surface area contributed by atoms with E-state index in [1.807, 2.05) is 61.6 Å². The number of benzene rings is 3. The molecule has 0 aliphatic carbocycles. The molecule has 0 atom stereocenters. The number of fused-ring (bicyclic) bond motifs is 2. The topological polar surface area (TPSA) is 32.7 Å². The largest absolute Gasteiger partial charge is 0.342 e. The first-order valence-corrected chi connectivity index (χ1v) is 11.3. The highest BCUT2D eigenvalue weighted by atomic mass is 35.5. The monoisotopic (exact) mass is 434 g/mol. The van der Waals surface area contributed by atoms with Crippen LogP contribution in [0.15, 0.2) is 81.5 Å². The average molecular weight is 435 g/mol. The second kappa shape index (κ2) is 9.07. The maximum absolute atomic E-state index is 12.9. The molecular weight excluding hydrogens is 412 g/mol. The fourth-order valence-corrected chi connectivity index (χ4v) is 4.68. The Morgan fingerprint density at radius 1 is 1.00 bits per heavy atom. The van der Waals surface area contributed by atoms with Crippen molar-refractivity contribution in [2.24, 2.45) is 4.99 Å². The molecule has 30 heavy (non-hydrogen) atoms. The van der Waals surface area contributed by atoms with Crippen molar-refractivity contribution in [2.45, 2.75) is 29.6 Å². The minimum atomic E-state index is 0.0208. The van der Waals surface area contributed by atoms with E-state index in [1.165, 1.54) is 0 Å². The predicted molar refractivity (Wildman–Crippen MR) is 126 cm³/mol. The van der Waals surface area contributed by atoms with Gasteiger partial charge in [-0.05, 0) is 36.8 Å². The normalized spacial score (nSPS) is 12.4. The smallest absolute Gasteiger partial charge is 0.253 e. The molecular formula is C25H23ClN2OS. The predicted octanol–water partition coefficient (Wildman–Crippen LogP) is 6.85. The minimum Gasteiger partial charge on any atom is -0.342 e. The summed E-state index contributed by atoms with van der Waals surface area (Å²) < 4.78 is 0. The number of hydrogen-bond donors (Lipinski definition) is 0. The highest BCUT2D eigenvalue weighted by Crippen LogP contribution is 2.42. The molecule has 3 aromatic rings. The van der Waals surface area contributed by atoms with Gasteiger partial charge < -0.3 is 4.90 Å². The third kappa shape index (κ3) is 4.16. The minimum absolute atomic E-state index is 0.0208. The number of unbranched alkanes of at least 4 members (excludes halogenated alkanes) is 1. The molecule has 0 N–H and O–H groups in total. The van der Waals surface area contributed by atoms with Crippen LogP contribution in [0.2, 0.25) is 5.02 Å². The van der Waals surface area contributed by atoms with Gasteiger partial charge in [0.25, 0.3) is 5.91 Å². The van der Waals surface area contributed by atoms with E-state index in [0.717, 1.165) is 51.7 Å². The van der Waals surface area contributed by atoms with Crippen LogP contribution in [0.5, 0.6) is 0 Å². The van der Waals surface area contributed by atoms with Gasteiger partial charge in [-0.2, -0.15) is 0 Å². The summed E-state index contributed by atoms with van der Waals surface area (Å²) >= 11 is 8.20. The number of hydrogen-bond acceptors (Lipinski definition) is 3. The van der Waals surface area contributed by atoms with Crippen molar-refractivity contribution in [1.82, 2.24) is 4.90 Å². The molecule has 1 heterocycles. The summed E-state index contributed by atoms with van der Waals surface area (Å²) in [6.07, 6.45) is 2.05. The lowest BCUT2D eigenvalue weighted by molar-refractivity contribution is 0.0793. The van der Waals surface area contributed by atoms with Crippen LogP contribution in [0.1, 0.15) is 41.3 Å². The van der Waals surface area contributed by atoms with Gasteiger partial charge in [0.15, 0.2) is 0 Å². The van der Waals surface area contributed by atoms with Crippen LogP contribution in [-0.2, 0) is 0 Å². The highest BCUT2D eigenvalue weighted by Gasteiger charge is 2.21. The zero-order valence-corrected chi connectivity index (χ0v) is 18.6. The number of aliphatic imine (C=N–C) groups is 1. The van der Waals surface area contributed by atoms with Crippen molar-refractivity contribution in [3.05, 3.63) is 88.4 Å². The van der Waals surface area contributed by atoms with Gasteiger partial charge in [0, 0.05) is 45.1 Å². The maximum Gasteiger partial charge on any atom is 0.253 e. The molecule has 0 saturated carbocycles. The Hall–Kier alpha value is -2.56. The first-order valence-electron chi connectivity index (χ1n) is 10.1. The summed E-state index contributed by atoms with van der Waals surface area (Å²) in [5.74, 6) is 0.0208. The van der Waals surface area contributed by atoms with Gasteiger partial charge in [-0.3, -0.25) is 4.79 Å². The van der Waals surface area contributed by atoms with Crippen molar-refractivity contribution in [2.75, 3.05) is 13.6 Å². The van der Waals surface area contributed by atoms with E-state index in [9.17, 15) is 4.79 Å². The molecule has 3 nitrogen and oxygen atoms in total. The van der Waals surface area contributed by atoms with E-state index in [2.05, 4.69) is 19.1 Å². The summed E-state index contributed by atoms with van der Waals surface area (Å²) in [4.78, 5) is 21.8. The summed E-state index contributed by atoms with van der Waals surface area (Å²) in [5, 5.41) is 0.658. The number of halogens is 1. The molecule has 1 amide bonds. The van der Waals surface area contributed by atoms with Gasteiger partial charge in [-0.25, -0.2) is 4.99 Å². The number of rotatable bonds is 5. The van der Waals surface area contributed by atoms with Crippen molar-refractivity contribution in [1.29, 1.82) is 0 Å². The standard InChI is InChI=1S/C25H23ClN2OS/c1-3-4-15-28(2)25(29)17-13-14-23-21(16-17)27-24(18-9-5-7-11-20(18)26)19-10-6-8-12-22(19)30-23/h5-14,16H,3-4,15H2,1-2H3. The number of carbonyl (C=O) groups excluding carboxylic acids is 1. The summed E-state index contributed by atoms with van der Waals surface area (Å²) in [6.45, 7) is 2.88. The highest BCUT2D eigenvalue weighted by molar-refractivity contribution is 7.99. The second-order valence-corrected chi connectivity index (χ2v) is 8.79. The number of amides is 1. The van der Waals surface area contributed by atoms with Crippen LogP contribution in [-0.4, -0.2) is 30.1 Å². The Morgan fingerprint density at radius 3 is 2.50 bits per heavy atom. The van der Waals surface area contributed by atoms with Crippen LogP contribution in [0, 0.1) is 0 Å². The molecule has 152 valence electrons. The molecule has 4 rings (SSSR count). The van der Waals surface area contributed by atoms with E-state index < -0.39 is 0 Å². The molecule has 0 fully saturated rings. The maximum atomic E-state index is 12.9. The average Bonchev–Trinajstić information content (AvgIpc) is 2.93. The molecule has 1 aliphatic heterocycles. The lowest BCUT2D eigenvalue weighted by atomic mass is 10.0. The van der Waals surface area contributed by atoms with E-state index >= 15 is 0 Å². The van der Waals surface area contributed by atoms with Gasteiger partial charge >= 0.3 is 0 Å². The molecule has 0 spiro atoms. The quantitative estimate of drug-likeness (QED) is 0.344. The molecule has 0 bridgehead atoms. The lowest BCUT2D eigenvalue weighted by Crippen LogP contribution is -2.27. The van der Waals surface area contributed by atoms with Gasteiger partial charge in [-0.1, -0.05) is 73.1 Å². The van der Waals surface area contributed by atoms with Crippen LogP contribution < -0.4 is 0 Å². The SMILES string of the molecule is CCCCN(C)C(=O)c1ccc2c(c1)N=C(c1ccccc1Cl)c1ccccc1S2. The van der Waals surface area contributed by atoms with Gasteiger partial charge in [0.1, 0.15) is 0 Å². The molecule has 1 aliphatic rings. The van der Waals surface area contributed by atoms with Crippen molar-refractivity contribution < 1.29 is 4.79 Å². The Bertz CT molecular complexity index is 1130. The Kier molecular flexibility index (Phi) is 6.26. The van der Waals surface area contributed by atoms with Crippen LogP contribution >= 0.6 is 23.4 Å². The number of nitrogens with zero attached hydrogens (tertiary/aromatic N) is 2. The third-order valence-electron chi connectivity index (χ3n) is 5.12. The molecule has 5 heteroatoms. The Labute approximate surface area is 186 Å². The molecule has 0 aromatic heterocycles. The molecule has 3 aromatic carbocycles. The van der Waals surface area contributed by atoms with E-state index in [4.69, 9.17) is 16.6 Å². The Morgan fingerprint density at radius 2 is 1.73 bits per heavy atom. The van der Waals surface area contributed by atoms with Crippen molar-refractivity contribution in [3.8, 4) is 0 Å². The zero-order valence-electron chi connectivity index (χ0n) is 17.1. The first-order chi connectivity index (χ1) is 14.6. The molecule has 0 saturated heterocycles. The summed E-state index contributed by atoms with van der Waals surface area (Å²) in [7, 11) is 1.85. The fraction of sp³-hybridized carbons (Fsp3) is 0.200. The fourth-order valence-electron chi connectivity index (χ4n) is 3.45. The van der Waals surface area contributed by atoms with E-state index in [0.29, 0.717) is 10.6 Å². The van der Waals surface area contributed by atoms with Crippen molar-refractivity contribution >= 4 is 40.7 Å². The van der Waals surface area contributed by atoms with Gasteiger partial charge in [0.05, 0.1) is 11.4 Å². The molecule has 0 unspecified atom stereocenters. The Balaban J connectivity index is 1.82. The lowest BCUT2D eigenvalue weighted by Gasteiger charge is -2.17. The first kappa shape index (κ1) is 20.7. The summed E-state index contributed by atoms with van der Waals surface area (Å²) in [5.41, 5.74) is 4.20. The zero-order chi connectivity index (χ0) is 21.1. The van der Waals surface area contributed by atoms with Gasteiger partial charge in [-0.15, -0.1) is 0 Å². The van der Waals surface area contributed by atoms with Gasteiger partial charge in [0.2, 0.25) is 0 Å². The third-order valence-corrected chi connectivity index (χ3v) is 6.59. The van der Waals surface area contributed by atoms with E-state index in [-0.39, 0.29) is 5.91 Å². The van der Waals surface area contributed by atoms with Crippen molar-refractivity contribution in [3.63, 3.8) is 0 Å².